The van der Waals surface area contributed by atoms with E-state index in [0.29, 0.717) is 0 Å². The smallest absolute Gasteiger partial charge is 0.0159 e. The van der Waals surface area contributed by atoms with Gasteiger partial charge in [-0.2, -0.15) is 0 Å². The molecule has 0 heteroatoms. The van der Waals surface area contributed by atoms with Crippen LogP contribution in [0.2, 0.25) is 0 Å². The molecule has 3 aliphatic carbocycles. The van der Waals surface area contributed by atoms with E-state index in [1.54, 1.807) is 0 Å². The van der Waals surface area contributed by atoms with Gasteiger partial charge in [-0.25, -0.2) is 0 Å². The molecular formula is C63H48. The van der Waals surface area contributed by atoms with Crippen molar-refractivity contribution in [1.29, 1.82) is 0 Å². The van der Waals surface area contributed by atoms with Gasteiger partial charge in [0.25, 0.3) is 0 Å². The third kappa shape index (κ3) is 4.87. The highest BCUT2D eigenvalue weighted by Gasteiger charge is 2.42. The second-order valence-electron chi connectivity index (χ2n) is 20.0. The summed E-state index contributed by atoms with van der Waals surface area (Å²) in [5, 5.41) is 7.69. The maximum atomic E-state index is 2.54. The molecule has 0 fully saturated rings. The molecule has 0 saturated carbocycles. The number of hydrogen-bond acceptors (Lipinski definition) is 0. The Labute approximate surface area is 370 Å². The second-order valence-corrected chi connectivity index (χ2v) is 20.0. The molecule has 13 rings (SSSR count). The van der Waals surface area contributed by atoms with Crippen LogP contribution in [0.25, 0.3) is 99.1 Å². The Morgan fingerprint density at radius 3 is 1.32 bits per heavy atom. The molecule has 0 nitrogen and oxygen atoms in total. The van der Waals surface area contributed by atoms with Crippen molar-refractivity contribution in [2.24, 2.45) is 0 Å². The van der Waals surface area contributed by atoms with Gasteiger partial charge in [0.1, 0.15) is 0 Å². The summed E-state index contributed by atoms with van der Waals surface area (Å²) in [6.45, 7) is 14.4. The van der Waals surface area contributed by atoms with E-state index in [1.165, 1.54) is 132 Å². The lowest BCUT2D eigenvalue weighted by molar-refractivity contribution is 0.639. The summed E-state index contributed by atoms with van der Waals surface area (Å²) in [6, 6.07) is 69.4. The third-order valence-electron chi connectivity index (χ3n) is 15.7. The zero-order valence-electron chi connectivity index (χ0n) is 36.8. The van der Waals surface area contributed by atoms with E-state index in [2.05, 4.69) is 224 Å². The SMILES string of the molecule is CC1(C)c2ccc(-c3ccc4c(c3)C(C)(C)c3cc5c(cc3-4)-c3ccccc3C5(C)C)cc2-c2ccc(-c3c4ccccc4c(-c4cccc5ccccc45)c4ccccc34)cc21. The van der Waals surface area contributed by atoms with Gasteiger partial charge < -0.3 is 0 Å². The van der Waals surface area contributed by atoms with Gasteiger partial charge in [-0.3, -0.25) is 0 Å². The molecular weight excluding hydrogens is 757 g/mol. The van der Waals surface area contributed by atoms with Crippen LogP contribution in [-0.4, -0.2) is 0 Å². The Morgan fingerprint density at radius 1 is 0.238 bits per heavy atom. The molecule has 0 atom stereocenters. The average molecular weight is 805 g/mol. The fourth-order valence-electron chi connectivity index (χ4n) is 12.4. The van der Waals surface area contributed by atoms with Crippen molar-refractivity contribution in [1.82, 2.24) is 0 Å². The van der Waals surface area contributed by atoms with E-state index < -0.39 is 0 Å². The Morgan fingerprint density at radius 2 is 0.651 bits per heavy atom. The van der Waals surface area contributed by atoms with Gasteiger partial charge in [-0.05, 0) is 157 Å². The van der Waals surface area contributed by atoms with Crippen molar-refractivity contribution < 1.29 is 0 Å². The van der Waals surface area contributed by atoms with E-state index >= 15 is 0 Å². The Bertz CT molecular complexity index is 3580. The number of rotatable bonds is 3. The Kier molecular flexibility index (Phi) is 7.29. The van der Waals surface area contributed by atoms with Crippen molar-refractivity contribution in [3.63, 3.8) is 0 Å². The Hall–Kier alpha value is -7.02. The van der Waals surface area contributed by atoms with Gasteiger partial charge in [0.15, 0.2) is 0 Å². The molecule has 3 aliphatic rings. The van der Waals surface area contributed by atoms with Crippen molar-refractivity contribution in [3.05, 3.63) is 215 Å². The van der Waals surface area contributed by atoms with Crippen LogP contribution in [0.1, 0.15) is 74.9 Å². The molecule has 0 unspecified atom stereocenters. The molecule has 10 aromatic rings. The van der Waals surface area contributed by atoms with Crippen LogP contribution in [0.4, 0.5) is 0 Å². The second kappa shape index (κ2) is 12.6. The van der Waals surface area contributed by atoms with Crippen LogP contribution < -0.4 is 0 Å². The summed E-state index contributed by atoms with van der Waals surface area (Å²) in [4.78, 5) is 0. The van der Waals surface area contributed by atoms with Crippen LogP contribution in [0.5, 0.6) is 0 Å². The van der Waals surface area contributed by atoms with Crippen LogP contribution >= 0.6 is 0 Å². The fraction of sp³-hybridized carbons (Fsp3) is 0.143. The molecule has 0 bridgehead atoms. The first kappa shape index (κ1) is 36.6. The largest absolute Gasteiger partial charge is 0.0619 e. The van der Waals surface area contributed by atoms with Crippen molar-refractivity contribution in [3.8, 4) is 66.8 Å². The minimum atomic E-state index is -0.151. The Balaban J connectivity index is 0.926. The monoisotopic (exact) mass is 804 g/mol. The lowest BCUT2D eigenvalue weighted by Crippen LogP contribution is -2.18. The molecule has 63 heavy (non-hydrogen) atoms. The lowest BCUT2D eigenvalue weighted by atomic mass is 9.77. The van der Waals surface area contributed by atoms with E-state index in [9.17, 15) is 0 Å². The van der Waals surface area contributed by atoms with Gasteiger partial charge in [-0.15, -0.1) is 0 Å². The predicted molar refractivity (Wildman–Crippen MR) is 268 cm³/mol. The number of fused-ring (bicyclic) bond motifs is 12. The van der Waals surface area contributed by atoms with Gasteiger partial charge >= 0.3 is 0 Å². The average Bonchev–Trinajstić information content (AvgIpc) is 3.78. The molecule has 0 radical (unpaired) electrons. The molecule has 0 heterocycles. The summed E-state index contributed by atoms with van der Waals surface area (Å²) in [7, 11) is 0. The zero-order valence-corrected chi connectivity index (χ0v) is 36.8. The maximum absolute atomic E-state index is 2.54. The van der Waals surface area contributed by atoms with Gasteiger partial charge in [0.05, 0.1) is 0 Å². The highest BCUT2D eigenvalue weighted by molar-refractivity contribution is 6.23. The first-order valence-corrected chi connectivity index (χ1v) is 22.7. The minimum Gasteiger partial charge on any atom is -0.0619 e. The van der Waals surface area contributed by atoms with E-state index in [0.717, 1.165) is 0 Å². The summed E-state index contributed by atoms with van der Waals surface area (Å²) in [5.74, 6) is 0. The fourth-order valence-corrected chi connectivity index (χ4v) is 12.4. The molecule has 10 aromatic carbocycles. The zero-order chi connectivity index (χ0) is 42.6. The summed E-state index contributed by atoms with van der Waals surface area (Å²) < 4.78 is 0. The number of hydrogen-bond donors (Lipinski definition) is 0. The molecule has 0 aromatic heterocycles. The van der Waals surface area contributed by atoms with Crippen LogP contribution in [0.15, 0.2) is 182 Å². The lowest BCUT2D eigenvalue weighted by Gasteiger charge is -2.26. The first-order chi connectivity index (χ1) is 30.5. The first-order valence-electron chi connectivity index (χ1n) is 22.7. The van der Waals surface area contributed by atoms with Gasteiger partial charge in [-0.1, -0.05) is 199 Å². The molecule has 0 amide bonds. The summed E-state index contributed by atoms with van der Waals surface area (Å²) in [5.41, 5.74) is 24.2. The van der Waals surface area contributed by atoms with E-state index in [-0.39, 0.29) is 16.2 Å². The molecule has 0 spiro atoms. The highest BCUT2D eigenvalue weighted by atomic mass is 14.5. The molecule has 300 valence electrons. The van der Waals surface area contributed by atoms with E-state index in [1.807, 2.05) is 0 Å². The van der Waals surface area contributed by atoms with Crippen LogP contribution in [0, 0.1) is 0 Å². The topological polar surface area (TPSA) is 0 Å². The van der Waals surface area contributed by atoms with Gasteiger partial charge in [0.2, 0.25) is 0 Å². The molecule has 0 aliphatic heterocycles. The maximum Gasteiger partial charge on any atom is 0.0159 e. The van der Waals surface area contributed by atoms with Crippen LogP contribution in [0.3, 0.4) is 0 Å². The normalized spacial score (nSPS) is 15.5. The van der Waals surface area contributed by atoms with E-state index in [4.69, 9.17) is 0 Å². The van der Waals surface area contributed by atoms with Crippen molar-refractivity contribution in [2.45, 2.75) is 57.8 Å². The van der Waals surface area contributed by atoms with Gasteiger partial charge in [0, 0.05) is 16.2 Å². The highest BCUT2D eigenvalue weighted by Crippen LogP contribution is 2.57. The van der Waals surface area contributed by atoms with Crippen molar-refractivity contribution in [2.75, 3.05) is 0 Å². The molecule has 0 N–H and O–H groups in total. The quantitative estimate of drug-likeness (QED) is 0.156. The number of benzene rings is 10. The standard InChI is InChI=1S/C63H48/c1-61(2)53-25-14-13-19-42(53)51-35-52-44-29-26-39(33-55(44)63(5,6)58(52)36-57(51)61)38-28-31-54-50(32-38)43-30-27-40(34-56(43)62(54,3)4)59-46-20-9-11-22-48(46)60(49-23-12-10-21-47(49)59)45-24-15-17-37-16-7-8-18-41(37)45/h7-36H,1-6H3. The summed E-state index contributed by atoms with van der Waals surface area (Å²) >= 11 is 0. The minimum absolute atomic E-state index is 0.0173. The third-order valence-corrected chi connectivity index (χ3v) is 15.7. The molecule has 0 saturated heterocycles. The summed E-state index contributed by atoms with van der Waals surface area (Å²) in [6.07, 6.45) is 0. The predicted octanol–water partition coefficient (Wildman–Crippen LogP) is 17.1. The van der Waals surface area contributed by atoms with Crippen LogP contribution in [-0.2, 0) is 16.2 Å². The van der Waals surface area contributed by atoms with Crippen molar-refractivity contribution >= 4 is 32.3 Å².